The lowest BCUT2D eigenvalue weighted by Gasteiger charge is -2.16. The van der Waals surface area contributed by atoms with Crippen molar-refractivity contribution < 1.29 is 9.53 Å². The number of nitrogens with zero attached hydrogens (tertiary/aromatic N) is 5. The van der Waals surface area contributed by atoms with Crippen LogP contribution in [0.25, 0.3) is 11.2 Å². The Morgan fingerprint density at radius 2 is 2.07 bits per heavy atom. The third-order valence-corrected chi connectivity index (χ3v) is 4.87. The molecule has 140 valence electrons. The maximum atomic E-state index is 12.9. The van der Waals surface area contributed by atoms with Gasteiger partial charge in [-0.3, -0.25) is 14.2 Å². The number of aromatic nitrogens is 4. The van der Waals surface area contributed by atoms with Crippen LogP contribution >= 0.6 is 11.6 Å². The second-order valence-electron chi connectivity index (χ2n) is 6.18. The van der Waals surface area contributed by atoms with Crippen LogP contribution in [0.2, 0.25) is 5.02 Å². The van der Waals surface area contributed by atoms with Crippen LogP contribution in [0.4, 0.5) is 11.6 Å². The maximum Gasteiger partial charge on any atom is 0.333 e. The molecule has 0 fully saturated rings. The second kappa shape index (κ2) is 6.27. The first kappa shape index (κ1) is 17.3. The van der Waals surface area contributed by atoms with Gasteiger partial charge in [0.15, 0.2) is 11.2 Å². The van der Waals surface area contributed by atoms with Gasteiger partial charge < -0.3 is 14.2 Å². The number of aryl methyl sites for hydroxylation is 1. The predicted octanol–water partition coefficient (Wildman–Crippen LogP) is 0.875. The number of ether oxygens (including phenoxy) is 1. The molecule has 1 aromatic carbocycles. The Morgan fingerprint density at radius 3 is 2.78 bits per heavy atom. The Bertz CT molecular complexity index is 1190. The Morgan fingerprint density at radius 1 is 1.30 bits per heavy atom. The zero-order valence-electron chi connectivity index (χ0n) is 14.7. The van der Waals surface area contributed by atoms with Crippen molar-refractivity contribution >= 4 is 40.4 Å². The monoisotopic (exact) mass is 389 g/mol. The van der Waals surface area contributed by atoms with Crippen LogP contribution in [-0.4, -0.2) is 38.3 Å². The molecule has 9 nitrogen and oxygen atoms in total. The molecule has 0 amide bonds. The molecule has 10 heteroatoms. The SMILES string of the molecule is COC(=O)Cn1c(=O)c2c(nc3n2CCN3c2cccc(Cl)c2)n(C)c1=O. The molecule has 0 radical (unpaired) electrons. The first-order chi connectivity index (χ1) is 12.9. The molecule has 2 aromatic heterocycles. The number of carbonyl (C=O) groups excluding carboxylic acids is 1. The summed E-state index contributed by atoms with van der Waals surface area (Å²) in [6, 6.07) is 7.32. The summed E-state index contributed by atoms with van der Waals surface area (Å²) in [6.07, 6.45) is 0. The highest BCUT2D eigenvalue weighted by Crippen LogP contribution is 2.32. The van der Waals surface area contributed by atoms with Crippen molar-refractivity contribution in [3.8, 4) is 0 Å². The van der Waals surface area contributed by atoms with Crippen LogP contribution in [0, 0.1) is 0 Å². The van der Waals surface area contributed by atoms with Crippen molar-refractivity contribution in [2.24, 2.45) is 7.05 Å². The number of benzene rings is 1. The molecular weight excluding hydrogens is 374 g/mol. The summed E-state index contributed by atoms with van der Waals surface area (Å²) in [7, 11) is 2.72. The van der Waals surface area contributed by atoms with Crippen molar-refractivity contribution in [2.45, 2.75) is 13.1 Å². The van der Waals surface area contributed by atoms with Crippen LogP contribution in [-0.2, 0) is 29.7 Å². The smallest absolute Gasteiger partial charge is 0.333 e. The molecular formula is C17H16ClN5O4. The highest BCUT2D eigenvalue weighted by molar-refractivity contribution is 6.30. The number of fused-ring (bicyclic) bond motifs is 3. The molecule has 3 heterocycles. The third kappa shape index (κ3) is 2.62. The maximum absolute atomic E-state index is 12.9. The average Bonchev–Trinajstić information content (AvgIpc) is 3.22. The standard InChI is InChI=1S/C17H16ClN5O4/c1-20-14-13(15(25)23(17(20)26)9-12(24)27-2)22-7-6-21(16(22)19-14)11-5-3-4-10(18)8-11/h3-5,8H,6-7,9H2,1-2H3. The van der Waals surface area contributed by atoms with E-state index in [0.717, 1.165) is 10.3 Å². The summed E-state index contributed by atoms with van der Waals surface area (Å²) in [6.45, 7) is 0.679. The minimum absolute atomic E-state index is 0.271. The van der Waals surface area contributed by atoms with E-state index in [9.17, 15) is 14.4 Å². The molecule has 0 saturated heterocycles. The van der Waals surface area contributed by atoms with E-state index in [-0.39, 0.29) is 11.2 Å². The Hall–Kier alpha value is -3.07. The molecule has 0 unspecified atom stereocenters. The van der Waals surface area contributed by atoms with Crippen molar-refractivity contribution in [3.63, 3.8) is 0 Å². The van der Waals surface area contributed by atoms with Crippen LogP contribution in [0.5, 0.6) is 0 Å². The van der Waals surface area contributed by atoms with Crippen molar-refractivity contribution in [2.75, 3.05) is 18.6 Å². The largest absolute Gasteiger partial charge is 0.468 e. The van der Waals surface area contributed by atoms with Gasteiger partial charge >= 0.3 is 11.7 Å². The summed E-state index contributed by atoms with van der Waals surface area (Å²) in [5, 5.41) is 0.592. The summed E-state index contributed by atoms with van der Waals surface area (Å²) >= 11 is 6.09. The number of carbonyl (C=O) groups is 1. The Kier molecular flexibility index (Phi) is 4.03. The molecule has 0 aliphatic carbocycles. The van der Waals surface area contributed by atoms with Crippen molar-refractivity contribution in [1.82, 2.24) is 18.7 Å². The van der Waals surface area contributed by atoms with E-state index in [2.05, 4.69) is 9.72 Å². The van der Waals surface area contributed by atoms with Crippen LogP contribution in [0.15, 0.2) is 33.9 Å². The van der Waals surface area contributed by atoms with Gasteiger partial charge in [0.05, 0.1) is 7.11 Å². The normalized spacial score (nSPS) is 13.2. The van der Waals surface area contributed by atoms with Gasteiger partial charge in [0.2, 0.25) is 5.95 Å². The van der Waals surface area contributed by atoms with Crippen LogP contribution in [0.1, 0.15) is 0 Å². The van der Waals surface area contributed by atoms with E-state index >= 15 is 0 Å². The number of methoxy groups -OCH3 is 1. The van der Waals surface area contributed by atoms with Gasteiger partial charge in [0.1, 0.15) is 6.54 Å². The fourth-order valence-electron chi connectivity index (χ4n) is 3.30. The molecule has 0 saturated carbocycles. The molecule has 27 heavy (non-hydrogen) atoms. The quantitative estimate of drug-likeness (QED) is 0.617. The predicted molar refractivity (Wildman–Crippen MR) is 99.7 cm³/mol. The van der Waals surface area contributed by atoms with E-state index in [1.165, 1.54) is 18.7 Å². The van der Waals surface area contributed by atoms with Gasteiger partial charge in [0, 0.05) is 30.8 Å². The molecule has 1 aliphatic heterocycles. The van der Waals surface area contributed by atoms with Gasteiger partial charge in [-0.05, 0) is 18.2 Å². The van der Waals surface area contributed by atoms with E-state index in [1.807, 2.05) is 23.1 Å². The first-order valence-electron chi connectivity index (χ1n) is 8.22. The lowest BCUT2D eigenvalue weighted by atomic mass is 10.3. The fraction of sp³-hybridized carbons (Fsp3) is 0.294. The summed E-state index contributed by atoms with van der Waals surface area (Å²) in [5.41, 5.74) is 0.207. The Labute approximate surface area is 158 Å². The fourth-order valence-corrected chi connectivity index (χ4v) is 3.48. The molecule has 0 N–H and O–H groups in total. The minimum atomic E-state index is -0.671. The van der Waals surface area contributed by atoms with E-state index in [1.54, 1.807) is 10.6 Å². The van der Waals surface area contributed by atoms with Gasteiger partial charge in [0.25, 0.3) is 5.56 Å². The molecule has 0 bridgehead atoms. The second-order valence-corrected chi connectivity index (χ2v) is 6.61. The van der Waals surface area contributed by atoms with Gasteiger partial charge in [-0.15, -0.1) is 0 Å². The van der Waals surface area contributed by atoms with Crippen LogP contribution < -0.4 is 16.1 Å². The number of rotatable bonds is 3. The van der Waals surface area contributed by atoms with Gasteiger partial charge in [-0.1, -0.05) is 17.7 Å². The number of hydrogen-bond donors (Lipinski definition) is 0. The average molecular weight is 390 g/mol. The molecule has 4 rings (SSSR count). The number of anilines is 2. The summed E-state index contributed by atoms with van der Waals surface area (Å²) in [5.74, 6) is -0.120. The van der Waals surface area contributed by atoms with E-state index in [0.29, 0.717) is 24.1 Å². The molecule has 0 atom stereocenters. The highest BCUT2D eigenvalue weighted by Gasteiger charge is 2.29. The van der Waals surface area contributed by atoms with Gasteiger partial charge in [-0.2, -0.15) is 4.98 Å². The molecule has 0 spiro atoms. The topological polar surface area (TPSA) is 91.4 Å². The van der Waals surface area contributed by atoms with E-state index in [4.69, 9.17) is 11.6 Å². The molecule has 3 aromatic rings. The number of hydrogen-bond acceptors (Lipinski definition) is 6. The summed E-state index contributed by atoms with van der Waals surface area (Å²) in [4.78, 5) is 43.5. The van der Waals surface area contributed by atoms with E-state index < -0.39 is 23.8 Å². The van der Waals surface area contributed by atoms with Crippen molar-refractivity contribution in [3.05, 3.63) is 50.1 Å². The number of halogens is 1. The van der Waals surface area contributed by atoms with Crippen molar-refractivity contribution in [1.29, 1.82) is 0 Å². The zero-order chi connectivity index (χ0) is 19.3. The van der Waals surface area contributed by atoms with Crippen LogP contribution in [0.3, 0.4) is 0 Å². The highest BCUT2D eigenvalue weighted by atomic mass is 35.5. The lowest BCUT2D eigenvalue weighted by Crippen LogP contribution is -2.41. The number of esters is 1. The lowest BCUT2D eigenvalue weighted by molar-refractivity contribution is -0.141. The minimum Gasteiger partial charge on any atom is -0.468 e. The van der Waals surface area contributed by atoms with Gasteiger partial charge in [-0.25, -0.2) is 9.36 Å². The Balaban J connectivity index is 1.93. The zero-order valence-corrected chi connectivity index (χ0v) is 15.4. The first-order valence-corrected chi connectivity index (χ1v) is 8.60. The summed E-state index contributed by atoms with van der Waals surface area (Å²) < 4.78 is 8.47. The number of imidazole rings is 1. The molecule has 1 aliphatic rings. The third-order valence-electron chi connectivity index (χ3n) is 4.64.